The standard InChI is InChI=1S/C19H29BrN4O/c1-4-24(12-13-25-3)11-5-6-16-7-9-18(10-8-16)23(2)19-21-14-17(20)15-22-19/h14-16,18H,4,7-13H2,1-3H3/t16-,18-. The van der Waals surface area contributed by atoms with E-state index >= 15 is 0 Å². The lowest BCUT2D eigenvalue weighted by Crippen LogP contribution is -2.36. The van der Waals surface area contributed by atoms with Crippen LogP contribution in [0.2, 0.25) is 0 Å². The van der Waals surface area contributed by atoms with Crippen LogP contribution in [0.15, 0.2) is 16.9 Å². The molecule has 0 radical (unpaired) electrons. The van der Waals surface area contributed by atoms with Crippen LogP contribution in [0.1, 0.15) is 32.6 Å². The van der Waals surface area contributed by atoms with E-state index in [1.165, 1.54) is 0 Å². The Bertz CT molecular complexity index is 561. The number of likely N-dealkylation sites (N-methyl/N-ethyl adjacent to an activating group) is 1. The van der Waals surface area contributed by atoms with Gasteiger partial charge in [0.05, 0.1) is 17.6 Å². The van der Waals surface area contributed by atoms with E-state index in [-0.39, 0.29) is 0 Å². The van der Waals surface area contributed by atoms with E-state index in [4.69, 9.17) is 4.74 Å². The van der Waals surface area contributed by atoms with Crippen molar-refractivity contribution >= 4 is 21.9 Å². The molecule has 138 valence electrons. The first-order valence-corrected chi connectivity index (χ1v) is 9.83. The zero-order chi connectivity index (χ0) is 18.1. The first-order chi connectivity index (χ1) is 12.1. The van der Waals surface area contributed by atoms with Crippen LogP contribution in [0.3, 0.4) is 0 Å². The van der Waals surface area contributed by atoms with Crippen LogP contribution < -0.4 is 4.90 Å². The highest BCUT2D eigenvalue weighted by molar-refractivity contribution is 9.10. The van der Waals surface area contributed by atoms with E-state index in [0.29, 0.717) is 12.0 Å². The molecule has 0 unspecified atom stereocenters. The third kappa shape index (κ3) is 6.58. The van der Waals surface area contributed by atoms with E-state index in [0.717, 1.165) is 62.3 Å². The molecule has 0 amide bonds. The Kier molecular flexibility index (Phi) is 8.66. The topological polar surface area (TPSA) is 41.5 Å². The van der Waals surface area contributed by atoms with Crippen molar-refractivity contribution < 1.29 is 4.74 Å². The largest absolute Gasteiger partial charge is 0.383 e. The monoisotopic (exact) mass is 408 g/mol. The van der Waals surface area contributed by atoms with Gasteiger partial charge < -0.3 is 9.64 Å². The Hall–Kier alpha value is -1.16. The summed E-state index contributed by atoms with van der Waals surface area (Å²) in [4.78, 5) is 13.3. The molecule has 25 heavy (non-hydrogen) atoms. The Labute approximate surface area is 160 Å². The molecule has 1 aromatic heterocycles. The van der Waals surface area contributed by atoms with Gasteiger partial charge in [-0.25, -0.2) is 9.97 Å². The van der Waals surface area contributed by atoms with Gasteiger partial charge >= 0.3 is 0 Å². The molecule has 0 bridgehead atoms. The van der Waals surface area contributed by atoms with Gasteiger partial charge in [-0.3, -0.25) is 4.90 Å². The maximum atomic E-state index is 5.14. The fourth-order valence-electron chi connectivity index (χ4n) is 3.13. The fourth-order valence-corrected chi connectivity index (χ4v) is 3.33. The molecule has 0 spiro atoms. The van der Waals surface area contributed by atoms with E-state index in [2.05, 4.69) is 61.5 Å². The Balaban J connectivity index is 1.77. The minimum Gasteiger partial charge on any atom is -0.383 e. The molecule has 1 heterocycles. The molecule has 1 aromatic rings. The number of anilines is 1. The summed E-state index contributed by atoms with van der Waals surface area (Å²) < 4.78 is 6.05. The number of rotatable bonds is 7. The first-order valence-electron chi connectivity index (χ1n) is 9.04. The summed E-state index contributed by atoms with van der Waals surface area (Å²) in [6.07, 6.45) is 8.22. The van der Waals surface area contributed by atoms with Crippen LogP contribution in [0.5, 0.6) is 0 Å². The molecule has 1 aliphatic rings. The van der Waals surface area contributed by atoms with Crippen molar-refractivity contribution in [1.82, 2.24) is 14.9 Å². The van der Waals surface area contributed by atoms with Gasteiger partial charge in [0, 0.05) is 45.1 Å². The van der Waals surface area contributed by atoms with E-state index in [9.17, 15) is 0 Å². The Morgan fingerprint density at radius 1 is 1.24 bits per heavy atom. The SMILES string of the molecule is CCN(CC#C[C@H]1CC[C@H](N(C)c2ncc(Br)cn2)CC1)CCOC. The third-order valence-corrected chi connectivity index (χ3v) is 5.24. The van der Waals surface area contributed by atoms with Crippen molar-refractivity contribution in [2.75, 3.05) is 45.3 Å². The molecular weight excluding hydrogens is 380 g/mol. The second-order valence-electron chi connectivity index (χ2n) is 6.50. The summed E-state index contributed by atoms with van der Waals surface area (Å²) in [5.74, 6) is 8.18. The second kappa shape index (κ2) is 10.7. The minimum absolute atomic E-state index is 0.507. The van der Waals surface area contributed by atoms with Gasteiger partial charge in [0.25, 0.3) is 0 Å². The lowest BCUT2D eigenvalue weighted by atomic mass is 9.86. The second-order valence-corrected chi connectivity index (χ2v) is 7.42. The van der Waals surface area contributed by atoms with Crippen LogP contribution >= 0.6 is 15.9 Å². The van der Waals surface area contributed by atoms with E-state index < -0.39 is 0 Å². The number of hydrogen-bond acceptors (Lipinski definition) is 5. The number of halogens is 1. The highest BCUT2D eigenvalue weighted by Gasteiger charge is 2.24. The average Bonchev–Trinajstić information content (AvgIpc) is 2.65. The maximum absolute atomic E-state index is 5.14. The molecule has 0 saturated heterocycles. The summed E-state index contributed by atoms with van der Waals surface area (Å²) >= 11 is 3.38. The van der Waals surface area contributed by atoms with Gasteiger partial charge in [0.2, 0.25) is 5.95 Å². The van der Waals surface area contributed by atoms with Crippen LogP contribution in [0.25, 0.3) is 0 Å². The number of ether oxygens (including phenoxy) is 1. The average molecular weight is 409 g/mol. The van der Waals surface area contributed by atoms with E-state index in [1.54, 1.807) is 19.5 Å². The van der Waals surface area contributed by atoms with Crippen molar-refractivity contribution in [3.8, 4) is 11.8 Å². The minimum atomic E-state index is 0.507. The van der Waals surface area contributed by atoms with Crippen molar-refractivity contribution in [2.45, 2.75) is 38.6 Å². The van der Waals surface area contributed by atoms with Gasteiger partial charge in [-0.1, -0.05) is 18.8 Å². The summed E-state index contributed by atoms with van der Waals surface area (Å²) in [6, 6.07) is 0.507. The van der Waals surface area contributed by atoms with Gasteiger partial charge in [-0.15, -0.1) is 0 Å². The number of nitrogens with zero attached hydrogens (tertiary/aromatic N) is 4. The van der Waals surface area contributed by atoms with Crippen LogP contribution in [0, 0.1) is 17.8 Å². The highest BCUT2D eigenvalue weighted by Crippen LogP contribution is 2.28. The zero-order valence-corrected chi connectivity index (χ0v) is 17.1. The van der Waals surface area contributed by atoms with Crippen molar-refractivity contribution in [2.24, 2.45) is 5.92 Å². The van der Waals surface area contributed by atoms with Crippen LogP contribution in [-0.2, 0) is 4.74 Å². The molecule has 0 aliphatic heterocycles. The summed E-state index contributed by atoms with van der Waals surface area (Å²) in [7, 11) is 3.84. The van der Waals surface area contributed by atoms with Crippen molar-refractivity contribution in [1.29, 1.82) is 0 Å². The number of methoxy groups -OCH3 is 1. The maximum Gasteiger partial charge on any atom is 0.225 e. The first kappa shape index (κ1) is 20.2. The van der Waals surface area contributed by atoms with Gasteiger partial charge in [0.15, 0.2) is 0 Å². The predicted molar refractivity (Wildman–Crippen MR) is 106 cm³/mol. The highest BCUT2D eigenvalue weighted by atomic mass is 79.9. The molecule has 0 atom stereocenters. The quantitative estimate of drug-likeness (QED) is 0.647. The molecule has 0 N–H and O–H groups in total. The molecule has 1 aliphatic carbocycles. The lowest BCUT2D eigenvalue weighted by molar-refractivity contribution is 0.158. The van der Waals surface area contributed by atoms with Gasteiger partial charge in [-0.2, -0.15) is 0 Å². The molecule has 0 aromatic carbocycles. The molecule has 1 fully saturated rings. The van der Waals surface area contributed by atoms with Gasteiger partial charge in [0.1, 0.15) is 0 Å². The third-order valence-electron chi connectivity index (χ3n) is 4.83. The predicted octanol–water partition coefficient (Wildman–Crippen LogP) is 3.21. The smallest absolute Gasteiger partial charge is 0.225 e. The molecule has 5 nitrogen and oxygen atoms in total. The normalized spacial score (nSPS) is 20.2. The zero-order valence-electron chi connectivity index (χ0n) is 15.5. The molecule has 1 saturated carbocycles. The summed E-state index contributed by atoms with van der Waals surface area (Å²) in [5.41, 5.74) is 0. The lowest BCUT2D eigenvalue weighted by Gasteiger charge is -2.33. The number of aromatic nitrogens is 2. The fraction of sp³-hybridized carbons (Fsp3) is 0.684. The molecule has 2 rings (SSSR count). The van der Waals surface area contributed by atoms with Crippen molar-refractivity contribution in [3.63, 3.8) is 0 Å². The number of hydrogen-bond donors (Lipinski definition) is 0. The molecule has 6 heteroatoms. The van der Waals surface area contributed by atoms with E-state index in [1.807, 2.05) is 0 Å². The van der Waals surface area contributed by atoms with Crippen LogP contribution in [0.4, 0.5) is 5.95 Å². The Morgan fingerprint density at radius 2 is 1.92 bits per heavy atom. The summed E-state index contributed by atoms with van der Waals surface area (Å²) in [5, 5.41) is 0. The van der Waals surface area contributed by atoms with Gasteiger partial charge in [-0.05, 0) is 48.2 Å². The Morgan fingerprint density at radius 3 is 2.52 bits per heavy atom. The molecular formula is C19H29BrN4O. The van der Waals surface area contributed by atoms with Crippen molar-refractivity contribution in [3.05, 3.63) is 16.9 Å². The van der Waals surface area contributed by atoms with Crippen LogP contribution in [-0.4, -0.2) is 61.3 Å². The summed E-state index contributed by atoms with van der Waals surface area (Å²) in [6.45, 7) is 5.75.